The van der Waals surface area contributed by atoms with Crippen LogP contribution in [0.2, 0.25) is 0 Å². The number of halogens is 1. The fourth-order valence-corrected chi connectivity index (χ4v) is 4.44. The van der Waals surface area contributed by atoms with Crippen LogP contribution in [0.15, 0.2) is 70.3 Å². The molecule has 27 heavy (non-hydrogen) atoms. The van der Waals surface area contributed by atoms with E-state index in [1.54, 1.807) is 47.8 Å². The van der Waals surface area contributed by atoms with Gasteiger partial charge in [-0.1, -0.05) is 18.2 Å². The third-order valence-corrected chi connectivity index (χ3v) is 6.55. The maximum absolute atomic E-state index is 12.9. The van der Waals surface area contributed by atoms with Crippen molar-refractivity contribution in [3.63, 3.8) is 0 Å². The zero-order chi connectivity index (χ0) is 19.3. The minimum absolute atomic E-state index is 0.227. The fourth-order valence-electron chi connectivity index (χ4n) is 2.38. The van der Waals surface area contributed by atoms with Crippen LogP contribution in [-0.2, 0) is 16.4 Å². The molecular formula is C19H17FN2O3S2. The Hall–Kier alpha value is -2.71. The number of hydrogen-bond acceptors (Lipinski definition) is 4. The second-order valence-electron chi connectivity index (χ2n) is 5.75. The SMILES string of the molecule is O=C(NCCc1ccc(F)cc1)c1ccc(NS(=O)(=O)c2cccs2)cc1. The highest BCUT2D eigenvalue weighted by Gasteiger charge is 2.15. The molecule has 0 saturated carbocycles. The van der Waals surface area contributed by atoms with E-state index in [-0.39, 0.29) is 15.9 Å². The van der Waals surface area contributed by atoms with E-state index in [0.29, 0.717) is 24.2 Å². The molecule has 140 valence electrons. The molecule has 0 unspecified atom stereocenters. The van der Waals surface area contributed by atoms with Crippen LogP contribution in [0.25, 0.3) is 0 Å². The van der Waals surface area contributed by atoms with Crippen LogP contribution in [0.4, 0.5) is 10.1 Å². The molecule has 0 saturated heterocycles. The highest BCUT2D eigenvalue weighted by molar-refractivity contribution is 7.94. The van der Waals surface area contributed by atoms with Gasteiger partial charge in [-0.25, -0.2) is 12.8 Å². The van der Waals surface area contributed by atoms with Gasteiger partial charge in [-0.2, -0.15) is 0 Å². The lowest BCUT2D eigenvalue weighted by Crippen LogP contribution is -2.25. The van der Waals surface area contributed by atoms with Crippen molar-refractivity contribution in [1.82, 2.24) is 5.32 Å². The normalized spacial score (nSPS) is 11.1. The van der Waals surface area contributed by atoms with Gasteiger partial charge in [0.1, 0.15) is 10.0 Å². The molecule has 3 aromatic rings. The molecule has 1 aromatic heterocycles. The molecule has 0 aliphatic heterocycles. The van der Waals surface area contributed by atoms with Gasteiger partial charge < -0.3 is 5.32 Å². The summed E-state index contributed by atoms with van der Waals surface area (Å²) < 4.78 is 39.9. The summed E-state index contributed by atoms with van der Waals surface area (Å²) in [6, 6.07) is 15.5. The molecule has 1 heterocycles. The first-order valence-corrected chi connectivity index (χ1v) is 10.5. The smallest absolute Gasteiger partial charge is 0.271 e. The molecule has 0 bridgehead atoms. The maximum Gasteiger partial charge on any atom is 0.271 e. The summed E-state index contributed by atoms with van der Waals surface area (Å²) in [5.41, 5.74) is 1.73. The number of anilines is 1. The van der Waals surface area contributed by atoms with Crippen LogP contribution in [0.3, 0.4) is 0 Å². The Kier molecular flexibility index (Phi) is 5.88. The number of amides is 1. The van der Waals surface area contributed by atoms with Crippen molar-refractivity contribution in [3.8, 4) is 0 Å². The number of carbonyl (C=O) groups is 1. The lowest BCUT2D eigenvalue weighted by Gasteiger charge is -2.08. The van der Waals surface area contributed by atoms with Gasteiger partial charge in [0, 0.05) is 17.8 Å². The van der Waals surface area contributed by atoms with E-state index >= 15 is 0 Å². The van der Waals surface area contributed by atoms with Gasteiger partial charge in [0.05, 0.1) is 0 Å². The van der Waals surface area contributed by atoms with Gasteiger partial charge in [-0.3, -0.25) is 9.52 Å². The molecule has 8 heteroatoms. The third-order valence-electron chi connectivity index (χ3n) is 3.77. The number of nitrogens with one attached hydrogen (secondary N) is 2. The number of thiophene rings is 1. The van der Waals surface area contributed by atoms with Crippen LogP contribution in [-0.4, -0.2) is 20.9 Å². The van der Waals surface area contributed by atoms with Gasteiger partial charge in [0.25, 0.3) is 15.9 Å². The standard InChI is InChI=1S/C19H17FN2O3S2/c20-16-7-3-14(4-8-16)11-12-21-19(23)15-5-9-17(10-6-15)22-27(24,25)18-2-1-13-26-18/h1-10,13,22H,11-12H2,(H,21,23). The first-order valence-electron chi connectivity index (χ1n) is 8.13. The first-order chi connectivity index (χ1) is 12.9. The van der Waals surface area contributed by atoms with E-state index in [0.717, 1.165) is 16.9 Å². The molecule has 0 radical (unpaired) electrons. The Morgan fingerprint density at radius 1 is 1.00 bits per heavy atom. The van der Waals surface area contributed by atoms with Crippen LogP contribution < -0.4 is 10.0 Å². The minimum atomic E-state index is -3.61. The summed E-state index contributed by atoms with van der Waals surface area (Å²) in [5.74, 6) is -0.553. The van der Waals surface area contributed by atoms with Crippen molar-refractivity contribution in [1.29, 1.82) is 0 Å². The lowest BCUT2D eigenvalue weighted by molar-refractivity contribution is 0.0954. The maximum atomic E-state index is 12.9. The predicted molar refractivity (Wildman–Crippen MR) is 104 cm³/mol. The van der Waals surface area contributed by atoms with Crippen molar-refractivity contribution in [3.05, 3.63) is 83.0 Å². The summed E-state index contributed by atoms with van der Waals surface area (Å²) in [5, 5.41) is 4.47. The summed E-state index contributed by atoms with van der Waals surface area (Å²) in [7, 11) is -3.61. The van der Waals surface area contributed by atoms with Crippen LogP contribution in [0, 0.1) is 5.82 Å². The van der Waals surface area contributed by atoms with Crippen LogP contribution in [0.5, 0.6) is 0 Å². The second kappa shape index (κ2) is 8.32. The molecule has 0 aliphatic carbocycles. The van der Waals surface area contributed by atoms with Gasteiger partial charge in [-0.15, -0.1) is 11.3 Å². The molecule has 1 amide bonds. The van der Waals surface area contributed by atoms with Gasteiger partial charge in [0.15, 0.2) is 0 Å². The molecule has 2 aromatic carbocycles. The number of benzene rings is 2. The number of carbonyl (C=O) groups excluding carboxylic acids is 1. The Bertz CT molecular complexity index is 1000. The van der Waals surface area contributed by atoms with Crippen molar-refractivity contribution < 1.29 is 17.6 Å². The topological polar surface area (TPSA) is 75.3 Å². The molecular weight excluding hydrogens is 387 g/mol. The van der Waals surface area contributed by atoms with E-state index in [4.69, 9.17) is 0 Å². The first kappa shape index (κ1) is 19.1. The van der Waals surface area contributed by atoms with E-state index < -0.39 is 10.0 Å². The molecule has 0 aliphatic rings. The van der Waals surface area contributed by atoms with Crippen molar-refractivity contribution in [2.45, 2.75) is 10.6 Å². The van der Waals surface area contributed by atoms with Crippen molar-refractivity contribution in [2.24, 2.45) is 0 Å². The quantitative estimate of drug-likeness (QED) is 0.631. The summed E-state index contributed by atoms with van der Waals surface area (Å²) in [4.78, 5) is 12.2. The summed E-state index contributed by atoms with van der Waals surface area (Å²) in [6.07, 6.45) is 0.588. The monoisotopic (exact) mass is 404 g/mol. The largest absolute Gasteiger partial charge is 0.352 e. The van der Waals surface area contributed by atoms with Gasteiger partial charge in [0.2, 0.25) is 0 Å². The number of hydrogen-bond donors (Lipinski definition) is 2. The molecule has 3 rings (SSSR count). The highest BCUT2D eigenvalue weighted by atomic mass is 32.2. The van der Waals surface area contributed by atoms with E-state index in [2.05, 4.69) is 10.0 Å². The Balaban J connectivity index is 1.55. The fraction of sp³-hybridized carbons (Fsp3) is 0.105. The average Bonchev–Trinajstić information content (AvgIpc) is 3.19. The zero-order valence-corrected chi connectivity index (χ0v) is 15.8. The Morgan fingerprint density at radius 3 is 2.33 bits per heavy atom. The number of rotatable bonds is 7. The molecule has 5 nitrogen and oxygen atoms in total. The van der Waals surface area contributed by atoms with E-state index in [1.807, 2.05) is 0 Å². The Labute approximate surface area is 160 Å². The zero-order valence-electron chi connectivity index (χ0n) is 14.2. The summed E-state index contributed by atoms with van der Waals surface area (Å²) in [6.45, 7) is 0.414. The van der Waals surface area contributed by atoms with E-state index in [9.17, 15) is 17.6 Å². The van der Waals surface area contributed by atoms with Crippen molar-refractivity contribution >= 4 is 33.0 Å². The molecule has 0 fully saturated rings. The van der Waals surface area contributed by atoms with E-state index in [1.165, 1.54) is 18.2 Å². The van der Waals surface area contributed by atoms with Crippen LogP contribution in [0.1, 0.15) is 15.9 Å². The Morgan fingerprint density at radius 2 is 1.70 bits per heavy atom. The highest BCUT2D eigenvalue weighted by Crippen LogP contribution is 2.20. The van der Waals surface area contributed by atoms with Crippen molar-refractivity contribution in [2.75, 3.05) is 11.3 Å². The lowest BCUT2D eigenvalue weighted by atomic mass is 10.1. The average molecular weight is 404 g/mol. The number of sulfonamides is 1. The van der Waals surface area contributed by atoms with Crippen LogP contribution >= 0.6 is 11.3 Å². The molecule has 0 spiro atoms. The second-order valence-corrected chi connectivity index (χ2v) is 8.60. The van der Waals surface area contributed by atoms with Gasteiger partial charge in [-0.05, 0) is 59.8 Å². The van der Waals surface area contributed by atoms with Gasteiger partial charge >= 0.3 is 0 Å². The molecule has 2 N–H and O–H groups in total. The predicted octanol–water partition coefficient (Wildman–Crippen LogP) is 3.66. The summed E-state index contributed by atoms with van der Waals surface area (Å²) >= 11 is 1.13. The molecule has 0 atom stereocenters. The third kappa shape index (κ3) is 5.15. The minimum Gasteiger partial charge on any atom is -0.352 e.